The second-order valence-electron chi connectivity index (χ2n) is 5.67. The van der Waals surface area contributed by atoms with Crippen molar-refractivity contribution in [2.24, 2.45) is 5.92 Å². The number of nitrogens with zero attached hydrogens (tertiary/aromatic N) is 2. The lowest BCUT2D eigenvalue weighted by molar-refractivity contribution is -0.131. The first kappa shape index (κ1) is 15.9. The van der Waals surface area contributed by atoms with Gasteiger partial charge in [0.15, 0.2) is 0 Å². The van der Waals surface area contributed by atoms with Crippen LogP contribution in [0.2, 0.25) is 5.02 Å². The lowest BCUT2D eigenvalue weighted by Crippen LogP contribution is -2.27. The molecular weight excluding hydrogens is 288 g/mol. The smallest absolute Gasteiger partial charge is 0.328 e. The van der Waals surface area contributed by atoms with Crippen LogP contribution in [0.15, 0.2) is 24.3 Å². The third kappa shape index (κ3) is 4.48. The maximum atomic E-state index is 10.7. The molecule has 0 amide bonds. The minimum absolute atomic E-state index is 0.635. The van der Waals surface area contributed by atoms with E-state index in [1.807, 2.05) is 19.2 Å². The molecule has 1 atom stereocenters. The van der Waals surface area contributed by atoms with Gasteiger partial charge in [0.1, 0.15) is 0 Å². The van der Waals surface area contributed by atoms with Gasteiger partial charge in [-0.05, 0) is 49.7 Å². The summed E-state index contributed by atoms with van der Waals surface area (Å²) in [7, 11) is 4.17. The second kappa shape index (κ2) is 6.96. The normalized spacial score (nSPS) is 19.3. The van der Waals surface area contributed by atoms with E-state index < -0.39 is 5.97 Å². The van der Waals surface area contributed by atoms with Crippen molar-refractivity contribution in [3.05, 3.63) is 34.9 Å². The quantitative estimate of drug-likeness (QED) is 0.850. The molecule has 1 N–H and O–H groups in total. The third-order valence-corrected chi connectivity index (χ3v) is 4.07. The van der Waals surface area contributed by atoms with E-state index in [4.69, 9.17) is 16.7 Å². The van der Waals surface area contributed by atoms with Gasteiger partial charge >= 0.3 is 5.97 Å². The topological polar surface area (TPSA) is 43.8 Å². The fourth-order valence-corrected chi connectivity index (χ4v) is 2.98. The summed E-state index contributed by atoms with van der Waals surface area (Å²) in [5.74, 6) is -0.314. The van der Waals surface area contributed by atoms with E-state index in [0.717, 1.165) is 37.0 Å². The van der Waals surface area contributed by atoms with Gasteiger partial charge in [0.25, 0.3) is 0 Å². The third-order valence-electron chi connectivity index (χ3n) is 3.83. The number of anilines is 1. The fraction of sp³-hybridized carbons (Fsp3) is 0.438. The largest absolute Gasteiger partial charge is 0.478 e. The van der Waals surface area contributed by atoms with Crippen LogP contribution in [0.25, 0.3) is 6.08 Å². The Morgan fingerprint density at radius 2 is 2.33 bits per heavy atom. The summed E-state index contributed by atoms with van der Waals surface area (Å²) in [5, 5.41) is 9.45. The van der Waals surface area contributed by atoms with Gasteiger partial charge in [-0.3, -0.25) is 0 Å². The van der Waals surface area contributed by atoms with Crippen LogP contribution in [-0.2, 0) is 4.79 Å². The average molecular weight is 309 g/mol. The lowest BCUT2D eigenvalue weighted by Gasteiger charge is -2.25. The van der Waals surface area contributed by atoms with E-state index in [1.54, 1.807) is 12.1 Å². The molecule has 1 aliphatic heterocycles. The van der Waals surface area contributed by atoms with Gasteiger partial charge in [-0.2, -0.15) is 0 Å². The van der Waals surface area contributed by atoms with Crippen molar-refractivity contribution < 1.29 is 9.90 Å². The van der Waals surface area contributed by atoms with Gasteiger partial charge in [-0.1, -0.05) is 17.7 Å². The molecule has 1 saturated heterocycles. The summed E-state index contributed by atoms with van der Waals surface area (Å²) >= 11 is 6.09. The van der Waals surface area contributed by atoms with Gasteiger partial charge < -0.3 is 14.9 Å². The molecule has 1 unspecified atom stereocenters. The van der Waals surface area contributed by atoms with E-state index in [2.05, 4.69) is 16.8 Å². The molecular formula is C16H21ClN2O2. The van der Waals surface area contributed by atoms with Gasteiger partial charge in [0.05, 0.1) is 0 Å². The van der Waals surface area contributed by atoms with E-state index in [1.165, 1.54) is 6.42 Å². The molecule has 1 aliphatic rings. The fourth-order valence-electron chi connectivity index (χ4n) is 2.81. The summed E-state index contributed by atoms with van der Waals surface area (Å²) < 4.78 is 0. The molecule has 1 aromatic rings. The summed E-state index contributed by atoms with van der Waals surface area (Å²) in [6.45, 7) is 3.18. The van der Waals surface area contributed by atoms with E-state index in [0.29, 0.717) is 10.9 Å². The zero-order valence-electron chi connectivity index (χ0n) is 12.4. The number of carbonyl (C=O) groups is 1. The molecule has 4 nitrogen and oxygen atoms in total. The Hall–Kier alpha value is -1.52. The molecule has 5 heteroatoms. The Balaban J connectivity index is 2.16. The standard InChI is InChI=1S/C16H21ClN2O2/c1-18-8-7-12(10-18)11-19(2)15-9-14(17)5-3-13(15)4-6-16(20)21/h3-6,9,12H,7-8,10-11H2,1-2H3,(H,20,21)/b6-4+. The highest BCUT2D eigenvalue weighted by Gasteiger charge is 2.21. The molecule has 1 aromatic carbocycles. The Morgan fingerprint density at radius 3 is 2.95 bits per heavy atom. The van der Waals surface area contributed by atoms with Gasteiger partial charge in [0.2, 0.25) is 0 Å². The molecule has 0 aromatic heterocycles. The molecule has 0 bridgehead atoms. The maximum absolute atomic E-state index is 10.7. The highest BCUT2D eigenvalue weighted by Crippen LogP contribution is 2.27. The summed E-state index contributed by atoms with van der Waals surface area (Å²) in [6.07, 6.45) is 3.97. The molecule has 1 fully saturated rings. The lowest BCUT2D eigenvalue weighted by atomic mass is 10.1. The molecule has 2 rings (SSSR count). The number of aliphatic carboxylic acids is 1. The van der Waals surface area contributed by atoms with E-state index in [-0.39, 0.29) is 0 Å². The number of halogens is 1. The summed E-state index contributed by atoms with van der Waals surface area (Å²) in [5.41, 5.74) is 1.84. The van der Waals surface area contributed by atoms with Crippen LogP contribution >= 0.6 is 11.6 Å². The first-order valence-electron chi connectivity index (χ1n) is 7.06. The molecule has 114 valence electrons. The van der Waals surface area contributed by atoms with Crippen molar-refractivity contribution in [2.75, 3.05) is 38.6 Å². The van der Waals surface area contributed by atoms with Crippen LogP contribution < -0.4 is 4.90 Å². The van der Waals surface area contributed by atoms with Crippen LogP contribution in [0, 0.1) is 5.92 Å². The molecule has 0 saturated carbocycles. The SMILES string of the molecule is CN1CCC(CN(C)c2cc(Cl)ccc2/C=C/C(=O)O)C1. The number of likely N-dealkylation sites (tertiary alicyclic amines) is 1. The number of hydrogen-bond donors (Lipinski definition) is 1. The van der Waals surface area contributed by atoms with Gasteiger partial charge in [0, 0.05) is 36.9 Å². The number of rotatable bonds is 5. The highest BCUT2D eigenvalue weighted by atomic mass is 35.5. The molecule has 21 heavy (non-hydrogen) atoms. The summed E-state index contributed by atoms with van der Waals surface area (Å²) in [6, 6.07) is 5.53. The van der Waals surface area contributed by atoms with Crippen molar-refractivity contribution in [1.82, 2.24) is 4.90 Å². The Morgan fingerprint density at radius 1 is 1.57 bits per heavy atom. The maximum Gasteiger partial charge on any atom is 0.328 e. The van der Waals surface area contributed by atoms with Gasteiger partial charge in [-0.15, -0.1) is 0 Å². The van der Waals surface area contributed by atoms with E-state index >= 15 is 0 Å². The van der Waals surface area contributed by atoms with Crippen LogP contribution in [0.3, 0.4) is 0 Å². The molecule has 0 aliphatic carbocycles. The highest BCUT2D eigenvalue weighted by molar-refractivity contribution is 6.31. The van der Waals surface area contributed by atoms with E-state index in [9.17, 15) is 4.79 Å². The first-order chi connectivity index (χ1) is 9.95. The predicted molar refractivity (Wildman–Crippen MR) is 87.0 cm³/mol. The van der Waals surface area contributed by atoms with Crippen LogP contribution in [0.1, 0.15) is 12.0 Å². The van der Waals surface area contributed by atoms with Crippen LogP contribution in [0.4, 0.5) is 5.69 Å². The Kier molecular flexibility index (Phi) is 5.26. The van der Waals surface area contributed by atoms with Crippen molar-refractivity contribution in [3.8, 4) is 0 Å². The summed E-state index contributed by atoms with van der Waals surface area (Å²) in [4.78, 5) is 15.2. The first-order valence-corrected chi connectivity index (χ1v) is 7.43. The molecule has 0 radical (unpaired) electrons. The second-order valence-corrected chi connectivity index (χ2v) is 6.11. The van der Waals surface area contributed by atoms with Crippen molar-refractivity contribution in [1.29, 1.82) is 0 Å². The zero-order chi connectivity index (χ0) is 15.4. The van der Waals surface area contributed by atoms with Crippen LogP contribution in [-0.4, -0.2) is 49.7 Å². The molecule has 1 heterocycles. The number of carboxylic acid groups (broad SMARTS) is 1. The number of hydrogen-bond acceptors (Lipinski definition) is 3. The van der Waals surface area contributed by atoms with Gasteiger partial charge in [-0.25, -0.2) is 4.79 Å². The average Bonchev–Trinajstić information content (AvgIpc) is 2.82. The Labute approximate surface area is 130 Å². The predicted octanol–water partition coefficient (Wildman–Crippen LogP) is 2.83. The number of carboxylic acids is 1. The monoisotopic (exact) mass is 308 g/mol. The minimum atomic E-state index is -0.948. The minimum Gasteiger partial charge on any atom is -0.478 e. The number of benzene rings is 1. The molecule has 0 spiro atoms. The zero-order valence-corrected chi connectivity index (χ0v) is 13.2. The Bertz CT molecular complexity index is 545. The van der Waals surface area contributed by atoms with Crippen LogP contribution in [0.5, 0.6) is 0 Å². The van der Waals surface area contributed by atoms with Crippen molar-refractivity contribution >= 4 is 29.3 Å². The van der Waals surface area contributed by atoms with Crippen molar-refractivity contribution in [2.45, 2.75) is 6.42 Å². The van der Waals surface area contributed by atoms with Crippen molar-refractivity contribution in [3.63, 3.8) is 0 Å².